The van der Waals surface area contributed by atoms with Gasteiger partial charge in [0.05, 0.1) is 12.1 Å². The Morgan fingerprint density at radius 3 is 2.93 bits per heavy atom. The molecule has 0 bridgehead atoms. The van der Waals surface area contributed by atoms with Crippen LogP contribution in [0.4, 0.5) is 4.39 Å². The molecule has 4 aliphatic heterocycles. The van der Waals surface area contributed by atoms with Gasteiger partial charge >= 0.3 is 0 Å². The molecule has 4 heterocycles. The summed E-state index contributed by atoms with van der Waals surface area (Å²) in [6.07, 6.45) is 2.13. The van der Waals surface area contributed by atoms with Crippen LogP contribution in [-0.4, -0.2) is 68.1 Å². The molecular weight excluding hydrogens is 349 g/mol. The summed E-state index contributed by atoms with van der Waals surface area (Å²) in [4.78, 5) is 13.1. The minimum absolute atomic E-state index is 0.0520. The molecular formula is C18H32FN7O. The third-order valence-electron chi connectivity index (χ3n) is 6.45. The molecule has 152 valence electrons. The van der Waals surface area contributed by atoms with Crippen molar-refractivity contribution in [3.8, 4) is 0 Å². The van der Waals surface area contributed by atoms with Crippen LogP contribution in [0.25, 0.3) is 0 Å². The first-order chi connectivity index (χ1) is 13.0. The molecule has 27 heavy (non-hydrogen) atoms. The van der Waals surface area contributed by atoms with Crippen molar-refractivity contribution in [1.29, 1.82) is 0 Å². The number of amides is 1. The maximum absolute atomic E-state index is 13.6. The van der Waals surface area contributed by atoms with Gasteiger partial charge in [-0.25, -0.2) is 4.39 Å². The fourth-order valence-electron chi connectivity index (χ4n) is 5.07. The average Bonchev–Trinajstić information content (AvgIpc) is 2.97. The van der Waals surface area contributed by atoms with E-state index in [1.807, 2.05) is 0 Å². The lowest BCUT2D eigenvalue weighted by Gasteiger charge is -2.43. The van der Waals surface area contributed by atoms with E-state index in [4.69, 9.17) is 5.73 Å². The van der Waals surface area contributed by atoms with E-state index in [9.17, 15) is 9.18 Å². The second kappa shape index (κ2) is 7.90. The molecule has 3 saturated heterocycles. The highest BCUT2D eigenvalue weighted by atomic mass is 19.1. The van der Waals surface area contributed by atoms with Gasteiger partial charge in [-0.1, -0.05) is 6.92 Å². The summed E-state index contributed by atoms with van der Waals surface area (Å²) < 4.78 is 13.6. The van der Waals surface area contributed by atoms with E-state index in [1.54, 1.807) is 5.01 Å². The third kappa shape index (κ3) is 3.78. The van der Waals surface area contributed by atoms with Crippen LogP contribution in [0.5, 0.6) is 0 Å². The molecule has 0 spiro atoms. The highest BCUT2D eigenvalue weighted by Crippen LogP contribution is 2.28. The Kier molecular flexibility index (Phi) is 5.54. The highest BCUT2D eigenvalue weighted by molar-refractivity contribution is 5.95. The molecule has 4 aliphatic rings. The molecule has 0 aromatic heterocycles. The molecule has 7 N–H and O–H groups in total. The Labute approximate surface area is 159 Å². The number of halogens is 1. The number of nitrogens with one attached hydrogen (secondary N) is 5. The van der Waals surface area contributed by atoms with Crippen LogP contribution in [0.2, 0.25) is 0 Å². The first kappa shape index (κ1) is 18.9. The summed E-state index contributed by atoms with van der Waals surface area (Å²) in [6, 6.07) is 0.479. The van der Waals surface area contributed by atoms with Crippen LogP contribution in [-0.2, 0) is 4.79 Å². The zero-order valence-electron chi connectivity index (χ0n) is 15.9. The number of nitrogens with zero attached hydrogens (tertiary/aromatic N) is 1. The number of carbonyl (C=O) groups excluding carboxylic acids is 1. The fourth-order valence-corrected chi connectivity index (χ4v) is 5.07. The van der Waals surface area contributed by atoms with Crippen molar-refractivity contribution in [2.45, 2.75) is 50.6 Å². The zero-order chi connectivity index (χ0) is 19.0. The molecule has 9 heteroatoms. The van der Waals surface area contributed by atoms with Crippen LogP contribution in [0.15, 0.2) is 11.4 Å². The van der Waals surface area contributed by atoms with Crippen molar-refractivity contribution >= 4 is 5.91 Å². The Morgan fingerprint density at radius 1 is 1.26 bits per heavy atom. The van der Waals surface area contributed by atoms with Gasteiger partial charge in [0.1, 0.15) is 18.2 Å². The predicted molar refractivity (Wildman–Crippen MR) is 101 cm³/mol. The molecule has 1 amide bonds. The third-order valence-corrected chi connectivity index (χ3v) is 6.45. The number of piperidine rings is 2. The normalized spacial score (nSPS) is 40.4. The molecule has 0 aromatic carbocycles. The molecule has 4 rings (SSSR count). The summed E-state index contributed by atoms with van der Waals surface area (Å²) in [7, 11) is 0. The van der Waals surface area contributed by atoms with Gasteiger partial charge in [0.2, 0.25) is 0 Å². The molecule has 6 unspecified atom stereocenters. The summed E-state index contributed by atoms with van der Waals surface area (Å²) >= 11 is 0. The van der Waals surface area contributed by atoms with E-state index in [0.29, 0.717) is 29.3 Å². The largest absolute Gasteiger partial charge is 0.384 e. The smallest absolute Gasteiger partial charge is 0.254 e. The van der Waals surface area contributed by atoms with Crippen molar-refractivity contribution in [2.24, 2.45) is 17.6 Å². The van der Waals surface area contributed by atoms with Gasteiger partial charge in [-0.05, 0) is 44.2 Å². The van der Waals surface area contributed by atoms with Crippen LogP contribution in [0.3, 0.4) is 0 Å². The van der Waals surface area contributed by atoms with Crippen molar-refractivity contribution in [2.75, 3.05) is 32.7 Å². The first-order valence-electron chi connectivity index (χ1n) is 10.2. The van der Waals surface area contributed by atoms with Crippen molar-refractivity contribution in [3.63, 3.8) is 0 Å². The topological polar surface area (TPSA) is 106 Å². The summed E-state index contributed by atoms with van der Waals surface area (Å²) in [5, 5.41) is 15.0. The van der Waals surface area contributed by atoms with E-state index in [1.165, 1.54) is 12.8 Å². The lowest BCUT2D eigenvalue weighted by molar-refractivity contribution is -0.119. The molecule has 3 fully saturated rings. The predicted octanol–water partition coefficient (Wildman–Crippen LogP) is -1.27. The van der Waals surface area contributed by atoms with E-state index in [2.05, 4.69) is 33.6 Å². The Bertz CT molecular complexity index is 600. The number of hydrogen-bond donors (Lipinski definition) is 6. The lowest BCUT2D eigenvalue weighted by Crippen LogP contribution is -2.61. The molecule has 0 radical (unpaired) electrons. The van der Waals surface area contributed by atoms with Crippen molar-refractivity contribution in [1.82, 2.24) is 31.7 Å². The zero-order valence-corrected chi connectivity index (χ0v) is 15.9. The van der Waals surface area contributed by atoms with Gasteiger partial charge in [-0.15, -0.1) is 0 Å². The highest BCUT2D eigenvalue weighted by Gasteiger charge is 2.42. The molecule has 0 aliphatic carbocycles. The van der Waals surface area contributed by atoms with Crippen LogP contribution >= 0.6 is 0 Å². The van der Waals surface area contributed by atoms with Crippen LogP contribution in [0.1, 0.15) is 26.2 Å². The Balaban J connectivity index is 1.45. The number of hydrazine groups is 1. The number of hydrogen-bond acceptors (Lipinski definition) is 7. The summed E-state index contributed by atoms with van der Waals surface area (Å²) in [5.74, 6) is 1.14. The minimum Gasteiger partial charge on any atom is -0.384 e. The van der Waals surface area contributed by atoms with Gasteiger partial charge in [0.25, 0.3) is 5.91 Å². The van der Waals surface area contributed by atoms with Gasteiger partial charge in [0, 0.05) is 25.2 Å². The standard InChI is InChI=1S/C18H32FN7O/c1-10-3-2-5-22-15(10)12-4-6-21-8-13(12)24-18(27)14-16(20)25-26-9-11(19)7-23-17(14)26/h10-13,15,17,21-23,25H,2-9,20H2,1H3,(H,24,27). The van der Waals surface area contributed by atoms with Crippen LogP contribution < -0.4 is 32.4 Å². The van der Waals surface area contributed by atoms with E-state index in [-0.39, 0.29) is 31.2 Å². The first-order valence-corrected chi connectivity index (χ1v) is 10.2. The SMILES string of the molecule is CC1CCCNC1C1CCNCC1NC(=O)C1=C(N)NN2CC(F)CNC12. The number of alkyl halides is 1. The summed E-state index contributed by atoms with van der Waals surface area (Å²) in [6.45, 7) is 5.53. The molecule has 0 aromatic rings. The second-order valence-electron chi connectivity index (χ2n) is 8.34. The van der Waals surface area contributed by atoms with Crippen molar-refractivity contribution < 1.29 is 9.18 Å². The van der Waals surface area contributed by atoms with Gasteiger partial charge in [0.15, 0.2) is 0 Å². The maximum Gasteiger partial charge on any atom is 0.254 e. The average molecular weight is 382 g/mol. The van der Waals surface area contributed by atoms with Crippen molar-refractivity contribution in [3.05, 3.63) is 11.4 Å². The number of fused-ring (bicyclic) bond motifs is 1. The van der Waals surface area contributed by atoms with Gasteiger partial charge < -0.3 is 27.1 Å². The van der Waals surface area contributed by atoms with E-state index in [0.717, 1.165) is 26.1 Å². The molecule has 6 atom stereocenters. The Hall–Kier alpha value is -1.42. The molecule has 0 saturated carbocycles. The van der Waals surface area contributed by atoms with Crippen LogP contribution in [0, 0.1) is 11.8 Å². The quantitative estimate of drug-likeness (QED) is 0.362. The minimum atomic E-state index is -0.977. The fraction of sp³-hybridized carbons (Fsp3) is 0.833. The maximum atomic E-state index is 13.6. The van der Waals surface area contributed by atoms with Gasteiger partial charge in [-0.3, -0.25) is 10.1 Å². The number of carbonyl (C=O) groups is 1. The van der Waals surface area contributed by atoms with E-state index < -0.39 is 6.17 Å². The second-order valence-corrected chi connectivity index (χ2v) is 8.34. The Morgan fingerprint density at radius 2 is 2.11 bits per heavy atom. The lowest BCUT2D eigenvalue weighted by atomic mass is 9.77. The molecule has 8 nitrogen and oxygen atoms in total. The van der Waals surface area contributed by atoms with E-state index >= 15 is 0 Å². The van der Waals surface area contributed by atoms with Gasteiger partial charge in [-0.2, -0.15) is 5.01 Å². The number of nitrogens with two attached hydrogens (primary N) is 1. The summed E-state index contributed by atoms with van der Waals surface area (Å²) in [5.41, 5.74) is 9.47. The monoisotopic (exact) mass is 381 g/mol. The number of rotatable bonds is 3.